The van der Waals surface area contributed by atoms with Crippen LogP contribution in [-0.4, -0.2) is 57.3 Å². The SMILES string of the molecule is CCCCNC(=O)[C@H](CC)N(Cc1cccc(C)c1)C(=O)CN(c1ccc2c(c1)OCO2)S(C)(=O)=O. The second-order valence-electron chi connectivity index (χ2n) is 8.89. The number of nitrogens with one attached hydrogen (secondary N) is 1. The van der Waals surface area contributed by atoms with Crippen molar-refractivity contribution in [1.29, 1.82) is 0 Å². The van der Waals surface area contributed by atoms with E-state index in [-0.39, 0.29) is 24.9 Å². The number of rotatable bonds is 12. The molecule has 0 fully saturated rings. The highest BCUT2D eigenvalue weighted by Crippen LogP contribution is 2.36. The fraction of sp³-hybridized carbons (Fsp3) is 0.462. The van der Waals surface area contributed by atoms with Crippen LogP contribution in [0.3, 0.4) is 0 Å². The first-order chi connectivity index (χ1) is 17.1. The molecule has 1 heterocycles. The smallest absolute Gasteiger partial charge is 0.244 e. The molecule has 0 saturated heterocycles. The van der Waals surface area contributed by atoms with Gasteiger partial charge >= 0.3 is 0 Å². The number of nitrogens with zero attached hydrogens (tertiary/aromatic N) is 2. The Morgan fingerprint density at radius 1 is 1.08 bits per heavy atom. The average molecular weight is 518 g/mol. The molecular formula is C26H35N3O6S. The molecule has 36 heavy (non-hydrogen) atoms. The first-order valence-electron chi connectivity index (χ1n) is 12.1. The van der Waals surface area contributed by atoms with Crippen LogP contribution < -0.4 is 19.1 Å². The van der Waals surface area contributed by atoms with Gasteiger partial charge in [0.1, 0.15) is 12.6 Å². The van der Waals surface area contributed by atoms with Gasteiger partial charge in [0.15, 0.2) is 11.5 Å². The summed E-state index contributed by atoms with van der Waals surface area (Å²) in [6.45, 7) is 6.12. The molecular weight excluding hydrogens is 482 g/mol. The van der Waals surface area contributed by atoms with E-state index in [0.29, 0.717) is 24.5 Å². The predicted molar refractivity (Wildman–Crippen MR) is 138 cm³/mol. The predicted octanol–water partition coefficient (Wildman–Crippen LogP) is 3.21. The minimum Gasteiger partial charge on any atom is -0.454 e. The van der Waals surface area contributed by atoms with Gasteiger partial charge < -0.3 is 19.7 Å². The molecule has 10 heteroatoms. The first kappa shape index (κ1) is 27.3. The molecule has 0 saturated carbocycles. The van der Waals surface area contributed by atoms with Crippen molar-refractivity contribution in [3.05, 3.63) is 53.6 Å². The zero-order valence-corrected chi connectivity index (χ0v) is 22.1. The van der Waals surface area contributed by atoms with Gasteiger partial charge in [-0.2, -0.15) is 0 Å². The molecule has 1 aliphatic heterocycles. The zero-order chi connectivity index (χ0) is 26.3. The average Bonchev–Trinajstić information content (AvgIpc) is 3.29. The number of amides is 2. The van der Waals surface area contributed by atoms with Crippen LogP contribution in [0, 0.1) is 6.92 Å². The fourth-order valence-corrected chi connectivity index (χ4v) is 4.93. The van der Waals surface area contributed by atoms with Crippen molar-refractivity contribution in [2.24, 2.45) is 0 Å². The quantitative estimate of drug-likeness (QED) is 0.434. The van der Waals surface area contributed by atoms with Crippen molar-refractivity contribution < 1.29 is 27.5 Å². The maximum absolute atomic E-state index is 13.7. The lowest BCUT2D eigenvalue weighted by molar-refractivity contribution is -0.140. The molecule has 2 aromatic rings. The molecule has 0 bridgehead atoms. The minimum absolute atomic E-state index is 0.0478. The number of carbonyl (C=O) groups is 2. The Morgan fingerprint density at radius 3 is 2.50 bits per heavy atom. The largest absolute Gasteiger partial charge is 0.454 e. The van der Waals surface area contributed by atoms with E-state index in [9.17, 15) is 18.0 Å². The van der Waals surface area contributed by atoms with Crippen LogP contribution in [0.5, 0.6) is 11.5 Å². The standard InChI is InChI=1S/C26H35N3O6S/c1-5-7-13-27-26(31)22(6-2)28(16-20-10-8-9-19(3)14-20)25(30)17-29(36(4,32)33)21-11-12-23-24(15-21)35-18-34-23/h8-12,14-15,22H,5-7,13,16-18H2,1-4H3,(H,27,31)/t22-/m0/s1. The van der Waals surface area contributed by atoms with Gasteiger partial charge in [-0.05, 0) is 37.5 Å². The monoisotopic (exact) mass is 517 g/mol. The van der Waals surface area contributed by atoms with E-state index in [1.165, 1.54) is 11.0 Å². The third kappa shape index (κ3) is 6.90. The molecule has 9 nitrogen and oxygen atoms in total. The van der Waals surface area contributed by atoms with Crippen LogP contribution >= 0.6 is 0 Å². The highest BCUT2D eigenvalue weighted by Gasteiger charge is 2.32. The van der Waals surface area contributed by atoms with Crippen molar-refractivity contribution in [2.75, 3.05) is 30.4 Å². The number of anilines is 1. The summed E-state index contributed by atoms with van der Waals surface area (Å²) in [5.41, 5.74) is 2.17. The third-order valence-electron chi connectivity index (χ3n) is 5.97. The Morgan fingerprint density at radius 2 is 1.83 bits per heavy atom. The van der Waals surface area contributed by atoms with Crippen molar-refractivity contribution >= 4 is 27.5 Å². The maximum Gasteiger partial charge on any atom is 0.244 e. The van der Waals surface area contributed by atoms with E-state index in [1.807, 2.05) is 45.0 Å². The van der Waals surface area contributed by atoms with Crippen molar-refractivity contribution in [1.82, 2.24) is 10.2 Å². The highest BCUT2D eigenvalue weighted by atomic mass is 32.2. The van der Waals surface area contributed by atoms with Gasteiger partial charge in [-0.15, -0.1) is 0 Å². The van der Waals surface area contributed by atoms with E-state index in [4.69, 9.17) is 9.47 Å². The number of sulfonamides is 1. The Hall–Kier alpha value is -3.27. The number of carbonyl (C=O) groups excluding carboxylic acids is 2. The van der Waals surface area contributed by atoms with Crippen LogP contribution in [0.15, 0.2) is 42.5 Å². The molecule has 2 amide bonds. The summed E-state index contributed by atoms with van der Waals surface area (Å²) in [6, 6.07) is 11.7. The Kier molecular flexibility index (Phi) is 9.19. The van der Waals surface area contributed by atoms with Gasteiger partial charge in [-0.1, -0.05) is 50.1 Å². The molecule has 0 unspecified atom stereocenters. The Balaban J connectivity index is 1.92. The van der Waals surface area contributed by atoms with E-state index in [0.717, 1.165) is 34.5 Å². The van der Waals surface area contributed by atoms with Gasteiger partial charge in [0.05, 0.1) is 11.9 Å². The van der Waals surface area contributed by atoms with Crippen LogP contribution in [0.4, 0.5) is 5.69 Å². The molecule has 1 aliphatic rings. The lowest BCUT2D eigenvalue weighted by atomic mass is 10.1. The normalized spacial score (nSPS) is 13.2. The minimum atomic E-state index is -3.82. The summed E-state index contributed by atoms with van der Waals surface area (Å²) in [5.74, 6) is 0.194. The summed E-state index contributed by atoms with van der Waals surface area (Å²) < 4.78 is 37.2. The van der Waals surface area contributed by atoms with Crippen LogP contribution in [-0.2, 0) is 26.2 Å². The third-order valence-corrected chi connectivity index (χ3v) is 7.11. The van der Waals surface area contributed by atoms with E-state index in [2.05, 4.69) is 5.32 Å². The first-order valence-corrected chi connectivity index (χ1v) is 14.0. The summed E-state index contributed by atoms with van der Waals surface area (Å²) in [5, 5.41) is 2.92. The summed E-state index contributed by atoms with van der Waals surface area (Å²) >= 11 is 0. The van der Waals surface area contributed by atoms with Gasteiger partial charge in [-0.25, -0.2) is 8.42 Å². The molecule has 0 aliphatic carbocycles. The van der Waals surface area contributed by atoms with Crippen molar-refractivity contribution in [2.45, 2.75) is 52.6 Å². The number of aryl methyl sites for hydroxylation is 1. The number of unbranched alkanes of at least 4 members (excludes halogenated alkanes) is 1. The Bertz CT molecular complexity index is 1180. The molecule has 196 valence electrons. The molecule has 1 atom stereocenters. The molecule has 2 aromatic carbocycles. The van der Waals surface area contributed by atoms with Crippen molar-refractivity contribution in [3.8, 4) is 11.5 Å². The topological polar surface area (TPSA) is 105 Å². The molecule has 0 aromatic heterocycles. The summed E-state index contributed by atoms with van der Waals surface area (Å²) in [4.78, 5) is 28.3. The van der Waals surface area contributed by atoms with E-state index in [1.54, 1.807) is 12.1 Å². The fourth-order valence-electron chi connectivity index (χ4n) is 4.09. The number of benzene rings is 2. The van der Waals surface area contributed by atoms with Crippen molar-refractivity contribution in [3.63, 3.8) is 0 Å². The molecule has 3 rings (SSSR count). The van der Waals surface area contributed by atoms with Gasteiger partial charge in [0.2, 0.25) is 28.6 Å². The van der Waals surface area contributed by atoms with Gasteiger partial charge in [0, 0.05) is 19.2 Å². The lowest BCUT2D eigenvalue weighted by Gasteiger charge is -2.33. The maximum atomic E-state index is 13.7. The van der Waals surface area contributed by atoms with E-state index >= 15 is 0 Å². The number of ether oxygens (including phenoxy) is 2. The second kappa shape index (κ2) is 12.1. The van der Waals surface area contributed by atoms with Crippen LogP contribution in [0.1, 0.15) is 44.2 Å². The number of hydrogen-bond acceptors (Lipinski definition) is 6. The Labute approximate surface area is 213 Å². The van der Waals surface area contributed by atoms with Crippen LogP contribution in [0.25, 0.3) is 0 Å². The van der Waals surface area contributed by atoms with Gasteiger partial charge in [0.25, 0.3) is 0 Å². The second-order valence-corrected chi connectivity index (χ2v) is 10.8. The molecule has 0 radical (unpaired) electrons. The van der Waals surface area contributed by atoms with Crippen LogP contribution in [0.2, 0.25) is 0 Å². The number of fused-ring (bicyclic) bond motifs is 1. The number of hydrogen-bond donors (Lipinski definition) is 1. The molecule has 0 spiro atoms. The highest BCUT2D eigenvalue weighted by molar-refractivity contribution is 7.92. The van der Waals surface area contributed by atoms with E-state index < -0.39 is 28.5 Å². The van der Waals surface area contributed by atoms with Gasteiger partial charge in [-0.3, -0.25) is 13.9 Å². The lowest BCUT2D eigenvalue weighted by Crippen LogP contribution is -2.52. The summed E-state index contributed by atoms with van der Waals surface area (Å²) in [7, 11) is -3.82. The zero-order valence-electron chi connectivity index (χ0n) is 21.3. The molecule has 1 N–H and O–H groups in total. The summed E-state index contributed by atoms with van der Waals surface area (Å²) in [6.07, 6.45) is 3.20.